The first-order chi connectivity index (χ1) is 16.2. The summed E-state index contributed by atoms with van der Waals surface area (Å²) in [6.45, 7) is 0. The van der Waals surface area contributed by atoms with Crippen molar-refractivity contribution in [2.24, 2.45) is 0 Å². The number of rotatable bonds is 5. The molecule has 160 valence electrons. The molecule has 0 amide bonds. The van der Waals surface area contributed by atoms with Crippen LogP contribution < -0.4 is 9.47 Å². The third kappa shape index (κ3) is 4.29. The minimum Gasteiger partial charge on any atom is -0.497 e. The molecule has 0 N–H and O–H groups in total. The number of esters is 1. The van der Waals surface area contributed by atoms with E-state index in [4.69, 9.17) is 19.4 Å². The molecule has 5 heteroatoms. The number of nitrogens with zero attached hydrogens (tertiary/aromatic N) is 2. The summed E-state index contributed by atoms with van der Waals surface area (Å²) in [5.41, 5.74) is 5.33. The van der Waals surface area contributed by atoms with Crippen molar-refractivity contribution < 1.29 is 14.3 Å². The van der Waals surface area contributed by atoms with Crippen molar-refractivity contribution in [2.45, 2.75) is 0 Å². The predicted molar refractivity (Wildman–Crippen MR) is 128 cm³/mol. The minimum absolute atomic E-state index is 0.407. The molecule has 0 spiro atoms. The Morgan fingerprint density at radius 1 is 0.636 bits per heavy atom. The van der Waals surface area contributed by atoms with Crippen LogP contribution in [0.3, 0.4) is 0 Å². The molecule has 5 nitrogen and oxygen atoms in total. The zero-order valence-electron chi connectivity index (χ0n) is 17.9. The van der Waals surface area contributed by atoms with Crippen LogP contribution in [-0.2, 0) is 0 Å². The average Bonchev–Trinajstić information content (AvgIpc) is 2.89. The Morgan fingerprint density at radius 3 is 1.76 bits per heavy atom. The molecule has 4 aromatic carbocycles. The summed E-state index contributed by atoms with van der Waals surface area (Å²) >= 11 is 0. The van der Waals surface area contributed by atoms with Crippen molar-refractivity contribution in [1.82, 2.24) is 9.97 Å². The maximum absolute atomic E-state index is 12.6. The van der Waals surface area contributed by atoms with Crippen molar-refractivity contribution in [2.75, 3.05) is 7.11 Å². The Balaban J connectivity index is 1.54. The highest BCUT2D eigenvalue weighted by Crippen LogP contribution is 2.32. The first kappa shape index (κ1) is 20.4. The molecule has 5 aromatic rings. The molecule has 0 saturated carbocycles. The smallest absolute Gasteiger partial charge is 0.343 e. The zero-order valence-corrected chi connectivity index (χ0v) is 17.9. The van der Waals surface area contributed by atoms with Gasteiger partial charge in [-0.1, -0.05) is 60.7 Å². The Hall–Kier alpha value is -4.51. The number of methoxy groups -OCH3 is 1. The van der Waals surface area contributed by atoms with E-state index < -0.39 is 5.97 Å². The van der Waals surface area contributed by atoms with Crippen molar-refractivity contribution in [3.05, 3.63) is 109 Å². The lowest BCUT2D eigenvalue weighted by Gasteiger charge is -2.11. The van der Waals surface area contributed by atoms with E-state index in [1.54, 1.807) is 43.5 Å². The van der Waals surface area contributed by atoms with Crippen LogP contribution >= 0.6 is 0 Å². The maximum Gasteiger partial charge on any atom is 0.343 e. The van der Waals surface area contributed by atoms with Gasteiger partial charge < -0.3 is 9.47 Å². The number of ether oxygens (including phenoxy) is 2. The fourth-order valence-electron chi connectivity index (χ4n) is 3.59. The van der Waals surface area contributed by atoms with Gasteiger partial charge in [-0.25, -0.2) is 14.8 Å². The Bertz CT molecular complexity index is 1420. The first-order valence-electron chi connectivity index (χ1n) is 10.5. The molecule has 0 fully saturated rings. The molecule has 0 atom stereocenters. The van der Waals surface area contributed by atoms with Crippen LogP contribution in [0, 0.1) is 0 Å². The Labute approximate surface area is 191 Å². The van der Waals surface area contributed by atoms with Crippen molar-refractivity contribution >= 4 is 17.0 Å². The average molecular weight is 432 g/mol. The van der Waals surface area contributed by atoms with Crippen molar-refractivity contribution in [3.8, 4) is 34.0 Å². The van der Waals surface area contributed by atoms with E-state index in [-0.39, 0.29) is 0 Å². The molecule has 5 rings (SSSR count). The molecule has 1 aromatic heterocycles. The number of benzene rings is 4. The second kappa shape index (κ2) is 8.93. The molecular weight excluding hydrogens is 412 g/mol. The topological polar surface area (TPSA) is 61.3 Å². The molecule has 0 saturated heterocycles. The lowest BCUT2D eigenvalue weighted by molar-refractivity contribution is 0.0735. The lowest BCUT2D eigenvalue weighted by atomic mass is 10.0. The van der Waals surface area contributed by atoms with Gasteiger partial charge in [-0.05, 0) is 36.4 Å². The standard InChI is InChI=1S/C28H20N2O3/c1-32-22-14-12-21(13-15-22)28(31)33-23-16-17-24-25(18-23)30-27(20-10-6-3-7-11-20)26(29-24)19-8-4-2-5-9-19/h2-18H,1H3. The fourth-order valence-corrected chi connectivity index (χ4v) is 3.59. The number of hydrogen-bond donors (Lipinski definition) is 0. The Morgan fingerprint density at radius 2 is 1.18 bits per heavy atom. The number of aromatic nitrogens is 2. The summed E-state index contributed by atoms with van der Waals surface area (Å²) in [5.74, 6) is 0.633. The van der Waals surface area contributed by atoms with E-state index in [1.807, 2.05) is 66.7 Å². The van der Waals surface area contributed by atoms with Crippen LogP contribution in [0.4, 0.5) is 0 Å². The lowest BCUT2D eigenvalue weighted by Crippen LogP contribution is -2.08. The van der Waals surface area contributed by atoms with Gasteiger partial charge in [0.25, 0.3) is 0 Å². The van der Waals surface area contributed by atoms with Gasteiger partial charge in [-0.3, -0.25) is 0 Å². The SMILES string of the molecule is COc1ccc(C(=O)Oc2ccc3nc(-c4ccccc4)c(-c4ccccc4)nc3c2)cc1. The van der Waals surface area contributed by atoms with Gasteiger partial charge in [0.15, 0.2) is 0 Å². The minimum atomic E-state index is -0.450. The van der Waals surface area contributed by atoms with E-state index in [0.29, 0.717) is 22.6 Å². The third-order valence-electron chi connectivity index (χ3n) is 5.27. The van der Waals surface area contributed by atoms with Crippen LogP contribution in [0.2, 0.25) is 0 Å². The number of fused-ring (bicyclic) bond motifs is 1. The molecular formula is C28H20N2O3. The molecule has 0 radical (unpaired) electrons. The number of carbonyl (C=O) groups excluding carboxylic acids is 1. The number of carbonyl (C=O) groups is 1. The summed E-state index contributed by atoms with van der Waals surface area (Å²) in [6.07, 6.45) is 0. The van der Waals surface area contributed by atoms with Crippen LogP contribution in [0.1, 0.15) is 10.4 Å². The fraction of sp³-hybridized carbons (Fsp3) is 0.0357. The zero-order chi connectivity index (χ0) is 22.6. The Kier molecular flexibility index (Phi) is 5.52. The van der Waals surface area contributed by atoms with E-state index in [2.05, 4.69) is 0 Å². The highest BCUT2D eigenvalue weighted by molar-refractivity contribution is 5.92. The van der Waals surface area contributed by atoms with Gasteiger partial charge >= 0.3 is 5.97 Å². The van der Waals surface area contributed by atoms with Crippen molar-refractivity contribution in [1.29, 1.82) is 0 Å². The van der Waals surface area contributed by atoms with Gasteiger partial charge in [-0.15, -0.1) is 0 Å². The highest BCUT2D eigenvalue weighted by Gasteiger charge is 2.15. The van der Waals surface area contributed by atoms with Crippen LogP contribution in [-0.4, -0.2) is 23.0 Å². The normalized spacial score (nSPS) is 10.7. The molecule has 0 aliphatic carbocycles. The quantitative estimate of drug-likeness (QED) is 0.245. The predicted octanol–water partition coefficient (Wildman–Crippen LogP) is 6.19. The van der Waals surface area contributed by atoms with Crippen LogP contribution in [0.25, 0.3) is 33.5 Å². The van der Waals surface area contributed by atoms with Gasteiger partial charge in [0.05, 0.1) is 35.1 Å². The van der Waals surface area contributed by atoms with E-state index in [9.17, 15) is 4.79 Å². The van der Waals surface area contributed by atoms with Crippen LogP contribution in [0.15, 0.2) is 103 Å². The molecule has 33 heavy (non-hydrogen) atoms. The monoisotopic (exact) mass is 432 g/mol. The van der Waals surface area contributed by atoms with Gasteiger partial charge in [-0.2, -0.15) is 0 Å². The highest BCUT2D eigenvalue weighted by atomic mass is 16.5. The largest absolute Gasteiger partial charge is 0.497 e. The second-order valence-electron chi connectivity index (χ2n) is 7.42. The first-order valence-corrected chi connectivity index (χ1v) is 10.5. The van der Waals surface area contributed by atoms with Crippen LogP contribution in [0.5, 0.6) is 11.5 Å². The maximum atomic E-state index is 12.6. The summed E-state index contributed by atoms with van der Waals surface area (Å²) in [4.78, 5) is 22.4. The second-order valence-corrected chi connectivity index (χ2v) is 7.42. The summed E-state index contributed by atoms with van der Waals surface area (Å²) in [6, 6.07) is 32.0. The van der Waals surface area contributed by atoms with Gasteiger partial charge in [0, 0.05) is 17.2 Å². The van der Waals surface area contributed by atoms with E-state index in [0.717, 1.165) is 28.0 Å². The van der Waals surface area contributed by atoms with E-state index in [1.165, 1.54) is 0 Å². The van der Waals surface area contributed by atoms with Gasteiger partial charge in [0.1, 0.15) is 11.5 Å². The molecule has 0 bridgehead atoms. The molecule has 0 unspecified atom stereocenters. The summed E-state index contributed by atoms with van der Waals surface area (Å²) in [5, 5.41) is 0. The molecule has 1 heterocycles. The number of hydrogen-bond acceptors (Lipinski definition) is 5. The van der Waals surface area contributed by atoms with Crippen molar-refractivity contribution in [3.63, 3.8) is 0 Å². The summed E-state index contributed by atoms with van der Waals surface area (Å²) < 4.78 is 10.7. The third-order valence-corrected chi connectivity index (χ3v) is 5.27. The summed E-state index contributed by atoms with van der Waals surface area (Å²) in [7, 11) is 1.58. The molecule has 0 aliphatic rings. The van der Waals surface area contributed by atoms with Gasteiger partial charge in [0.2, 0.25) is 0 Å². The van der Waals surface area contributed by atoms with E-state index >= 15 is 0 Å². The molecule has 0 aliphatic heterocycles.